The molecular weight excluding hydrogens is 132 g/mol. The smallest absolute Gasteiger partial charge is 0.0525 e. The lowest BCUT2D eigenvalue weighted by atomic mass is 10.0. The second kappa shape index (κ2) is 1.26. The molecule has 0 aromatic heterocycles. The predicted molar refractivity (Wildman–Crippen MR) is 36.5 cm³/mol. The predicted octanol–water partition coefficient (Wildman–Crippen LogP) is 0.916. The molecule has 5 atom stereocenters. The van der Waals surface area contributed by atoms with Gasteiger partial charge in [0.15, 0.2) is 0 Å². The third-order valence-corrected chi connectivity index (χ3v) is 5.34. The fourth-order valence-corrected chi connectivity index (χ4v) is 5.07. The van der Waals surface area contributed by atoms with Gasteiger partial charge in [-0.3, -0.25) is 4.21 Å². The molecule has 0 spiro atoms. The molecule has 1 aliphatic heterocycles. The quantitative estimate of drug-likeness (QED) is 0.460. The van der Waals surface area contributed by atoms with Crippen LogP contribution in [0.15, 0.2) is 0 Å². The van der Waals surface area contributed by atoms with Crippen LogP contribution in [0.2, 0.25) is 0 Å². The van der Waals surface area contributed by atoms with Gasteiger partial charge in [-0.15, -0.1) is 0 Å². The van der Waals surface area contributed by atoms with Crippen molar-refractivity contribution in [1.29, 1.82) is 0 Å². The Kier molecular flexibility index (Phi) is 0.687. The molecule has 1 saturated heterocycles. The third-order valence-electron chi connectivity index (χ3n) is 3.23. The lowest BCUT2D eigenvalue weighted by Crippen LogP contribution is -2.04. The summed E-state index contributed by atoms with van der Waals surface area (Å²) < 4.78 is 11.1. The van der Waals surface area contributed by atoms with Crippen molar-refractivity contribution in [2.45, 2.75) is 29.8 Å². The number of hydrogen-bond donors (Lipinski definition) is 0. The molecule has 0 amide bonds. The van der Waals surface area contributed by atoms with Gasteiger partial charge in [0.05, 0.1) is 10.5 Å². The summed E-state index contributed by atoms with van der Waals surface area (Å²) in [7, 11) is -0.355. The highest BCUT2D eigenvalue weighted by atomic mass is 32.2. The topological polar surface area (TPSA) is 17.1 Å². The molecule has 2 aliphatic carbocycles. The molecule has 3 fully saturated rings. The second-order valence-corrected chi connectivity index (χ2v) is 5.34. The lowest BCUT2D eigenvalue weighted by Gasteiger charge is -2.01. The molecule has 0 aromatic rings. The van der Waals surface area contributed by atoms with Crippen molar-refractivity contribution in [3.63, 3.8) is 0 Å². The fourth-order valence-electron chi connectivity index (χ4n) is 2.79. The first kappa shape index (κ1) is 4.89. The van der Waals surface area contributed by atoms with Crippen molar-refractivity contribution in [3.8, 4) is 0 Å². The monoisotopic (exact) mass is 142 g/mol. The molecule has 1 unspecified atom stereocenters. The van der Waals surface area contributed by atoms with Crippen LogP contribution >= 0.6 is 0 Å². The molecule has 0 aromatic carbocycles. The van der Waals surface area contributed by atoms with Crippen LogP contribution in [0.1, 0.15) is 19.3 Å². The van der Waals surface area contributed by atoms with Crippen LogP contribution in [0.5, 0.6) is 0 Å². The average Bonchev–Trinajstić information content (AvgIpc) is 2.29. The van der Waals surface area contributed by atoms with Crippen LogP contribution in [0.4, 0.5) is 0 Å². The summed E-state index contributed by atoms with van der Waals surface area (Å²) in [4.78, 5) is 0. The highest BCUT2D eigenvalue weighted by Crippen LogP contribution is 2.58. The van der Waals surface area contributed by atoms with Crippen LogP contribution < -0.4 is 0 Å². The fraction of sp³-hybridized carbons (Fsp3) is 1.00. The van der Waals surface area contributed by atoms with E-state index in [4.69, 9.17) is 0 Å². The van der Waals surface area contributed by atoms with Gasteiger partial charge in [-0.25, -0.2) is 0 Å². The highest BCUT2D eigenvalue weighted by Gasteiger charge is 2.64. The van der Waals surface area contributed by atoms with E-state index in [0.717, 1.165) is 11.8 Å². The Hall–Kier alpha value is 0.150. The Balaban J connectivity index is 2.04. The van der Waals surface area contributed by atoms with Crippen LogP contribution in [0.3, 0.4) is 0 Å². The van der Waals surface area contributed by atoms with E-state index < -0.39 is 0 Å². The van der Waals surface area contributed by atoms with Crippen molar-refractivity contribution in [2.75, 3.05) is 0 Å². The van der Waals surface area contributed by atoms with Gasteiger partial charge in [0.2, 0.25) is 0 Å². The van der Waals surface area contributed by atoms with Crippen LogP contribution in [-0.4, -0.2) is 14.7 Å². The Morgan fingerprint density at radius 3 is 2.11 bits per heavy atom. The van der Waals surface area contributed by atoms with Gasteiger partial charge < -0.3 is 0 Å². The van der Waals surface area contributed by atoms with E-state index in [9.17, 15) is 4.21 Å². The lowest BCUT2D eigenvalue weighted by molar-refractivity contribution is 0.546. The molecule has 2 heteroatoms. The maximum Gasteiger partial charge on any atom is 0.0525 e. The van der Waals surface area contributed by atoms with Gasteiger partial charge >= 0.3 is 0 Å². The minimum Gasteiger partial charge on any atom is -0.259 e. The Labute approximate surface area is 57.3 Å². The first-order valence-electron chi connectivity index (χ1n) is 3.77. The molecule has 0 radical (unpaired) electrons. The van der Waals surface area contributed by atoms with Gasteiger partial charge in [0, 0.05) is 10.8 Å². The van der Waals surface area contributed by atoms with Gasteiger partial charge in [-0.2, -0.15) is 0 Å². The van der Waals surface area contributed by atoms with E-state index in [1.165, 1.54) is 19.3 Å². The van der Waals surface area contributed by atoms with E-state index in [2.05, 4.69) is 0 Å². The zero-order valence-electron chi connectivity index (χ0n) is 5.25. The zero-order chi connectivity index (χ0) is 6.01. The number of hydrogen-bond acceptors (Lipinski definition) is 1. The van der Waals surface area contributed by atoms with Gasteiger partial charge in [-0.05, 0) is 31.1 Å². The SMILES string of the molecule is O=S1[C@@H]2[C@H]3CC[C@H](C3)[C@@H]21. The molecular formula is C7H10OS. The zero-order valence-corrected chi connectivity index (χ0v) is 6.06. The third kappa shape index (κ3) is 0.418. The summed E-state index contributed by atoms with van der Waals surface area (Å²) in [5, 5.41) is 1.37. The maximum absolute atomic E-state index is 11.1. The summed E-state index contributed by atoms with van der Waals surface area (Å²) in [5.41, 5.74) is 0. The minimum atomic E-state index is -0.355. The van der Waals surface area contributed by atoms with Crippen molar-refractivity contribution < 1.29 is 4.21 Å². The van der Waals surface area contributed by atoms with Gasteiger partial charge in [-0.1, -0.05) is 0 Å². The largest absolute Gasteiger partial charge is 0.259 e. The summed E-state index contributed by atoms with van der Waals surface area (Å²) in [6.07, 6.45) is 4.19. The van der Waals surface area contributed by atoms with E-state index >= 15 is 0 Å². The van der Waals surface area contributed by atoms with Crippen LogP contribution in [-0.2, 0) is 10.8 Å². The Bertz CT molecular complexity index is 171. The molecule has 2 bridgehead atoms. The maximum atomic E-state index is 11.1. The standard InChI is InChI=1S/C7H10OS/c8-9-6-4-1-2-5(3-4)7(6)9/h4-7H,1-3H2/t4-,5+,6+,7-,9?. The Morgan fingerprint density at radius 2 is 1.67 bits per heavy atom. The molecule has 2 saturated carbocycles. The first-order chi connectivity index (χ1) is 4.38. The molecule has 3 aliphatic rings. The minimum absolute atomic E-state index is 0.355. The number of fused-ring (bicyclic) bond motifs is 5. The van der Waals surface area contributed by atoms with E-state index in [1.807, 2.05) is 0 Å². The summed E-state index contributed by atoms with van der Waals surface area (Å²) in [5.74, 6) is 1.78. The first-order valence-corrected chi connectivity index (χ1v) is 5.05. The van der Waals surface area contributed by atoms with E-state index in [1.54, 1.807) is 0 Å². The summed E-state index contributed by atoms with van der Waals surface area (Å²) in [6.45, 7) is 0. The van der Waals surface area contributed by atoms with Crippen molar-refractivity contribution >= 4 is 10.8 Å². The van der Waals surface area contributed by atoms with E-state index in [0.29, 0.717) is 10.5 Å². The summed E-state index contributed by atoms with van der Waals surface area (Å²) >= 11 is 0. The van der Waals surface area contributed by atoms with Crippen molar-refractivity contribution in [1.82, 2.24) is 0 Å². The molecule has 1 heterocycles. The van der Waals surface area contributed by atoms with Crippen molar-refractivity contribution in [2.24, 2.45) is 11.8 Å². The molecule has 0 N–H and O–H groups in total. The summed E-state index contributed by atoms with van der Waals surface area (Å²) in [6, 6.07) is 0. The van der Waals surface area contributed by atoms with Crippen LogP contribution in [0.25, 0.3) is 0 Å². The van der Waals surface area contributed by atoms with Gasteiger partial charge in [0.1, 0.15) is 0 Å². The number of rotatable bonds is 0. The molecule has 50 valence electrons. The molecule has 1 nitrogen and oxygen atoms in total. The van der Waals surface area contributed by atoms with Crippen molar-refractivity contribution in [3.05, 3.63) is 0 Å². The van der Waals surface area contributed by atoms with Crippen LogP contribution in [0, 0.1) is 11.8 Å². The average molecular weight is 142 g/mol. The normalized spacial score (nSPS) is 68.2. The Morgan fingerprint density at radius 1 is 1.11 bits per heavy atom. The molecule has 9 heavy (non-hydrogen) atoms. The van der Waals surface area contributed by atoms with E-state index in [-0.39, 0.29) is 10.8 Å². The highest BCUT2D eigenvalue weighted by molar-refractivity contribution is 7.94. The molecule has 3 rings (SSSR count). The van der Waals surface area contributed by atoms with Gasteiger partial charge in [0.25, 0.3) is 0 Å². The second-order valence-electron chi connectivity index (χ2n) is 3.59.